The van der Waals surface area contributed by atoms with Crippen molar-refractivity contribution in [3.63, 3.8) is 0 Å². The molecule has 0 aliphatic carbocycles. The Bertz CT molecular complexity index is 398. The highest BCUT2D eigenvalue weighted by Crippen LogP contribution is 2.30. The summed E-state index contributed by atoms with van der Waals surface area (Å²) in [6.45, 7) is 0. The van der Waals surface area contributed by atoms with Crippen LogP contribution in [0.2, 0.25) is 0 Å². The number of amides is 1. The Balaban J connectivity index is 2.61. The maximum atomic E-state index is 11.3. The fourth-order valence-electron chi connectivity index (χ4n) is 1.33. The Morgan fingerprint density at radius 1 is 1.31 bits per heavy atom. The van der Waals surface area contributed by atoms with Gasteiger partial charge < -0.3 is 10.4 Å². The van der Waals surface area contributed by atoms with E-state index >= 15 is 0 Å². The number of phenols is 1. The molecule has 0 spiro atoms. The van der Waals surface area contributed by atoms with E-state index in [1.165, 1.54) is 6.07 Å². The molecule has 0 bridgehead atoms. The third kappa shape index (κ3) is 1.16. The van der Waals surface area contributed by atoms with Gasteiger partial charge in [-0.15, -0.1) is 0 Å². The summed E-state index contributed by atoms with van der Waals surface area (Å²) in [5.74, 6) is -0.701. The first-order chi connectivity index (χ1) is 6.18. The SMILES string of the molecule is O=C1CC(=O)c2cccc(O)c2N1. The predicted octanol–water partition coefficient (Wildman–Crippen LogP) is 0.917. The minimum Gasteiger partial charge on any atom is -0.506 e. The summed E-state index contributed by atoms with van der Waals surface area (Å²) < 4.78 is 0. The Morgan fingerprint density at radius 3 is 2.85 bits per heavy atom. The number of hydrogen-bond acceptors (Lipinski definition) is 3. The van der Waals surface area contributed by atoms with Crippen molar-refractivity contribution in [2.24, 2.45) is 0 Å². The van der Waals surface area contributed by atoms with E-state index in [0.717, 1.165) is 0 Å². The smallest absolute Gasteiger partial charge is 0.232 e. The van der Waals surface area contributed by atoms with Crippen LogP contribution in [0.1, 0.15) is 16.8 Å². The number of rotatable bonds is 0. The van der Waals surface area contributed by atoms with Crippen molar-refractivity contribution < 1.29 is 14.7 Å². The minimum atomic E-state index is -0.376. The first-order valence-electron chi connectivity index (χ1n) is 3.83. The molecule has 13 heavy (non-hydrogen) atoms. The van der Waals surface area contributed by atoms with Crippen LogP contribution >= 0.6 is 0 Å². The van der Waals surface area contributed by atoms with Crippen LogP contribution in [0.25, 0.3) is 0 Å². The summed E-state index contributed by atoms with van der Waals surface area (Å²) in [6, 6.07) is 4.58. The number of para-hydroxylation sites is 1. The van der Waals surface area contributed by atoms with Gasteiger partial charge in [0.15, 0.2) is 5.78 Å². The van der Waals surface area contributed by atoms with Crippen LogP contribution in [0, 0.1) is 0 Å². The molecule has 1 aromatic carbocycles. The molecule has 0 fully saturated rings. The van der Waals surface area contributed by atoms with Gasteiger partial charge >= 0.3 is 0 Å². The molecular weight excluding hydrogens is 170 g/mol. The number of benzene rings is 1. The summed E-state index contributed by atoms with van der Waals surface area (Å²) in [5, 5.41) is 11.8. The molecule has 0 atom stereocenters. The highest BCUT2D eigenvalue weighted by atomic mass is 16.3. The maximum absolute atomic E-state index is 11.3. The van der Waals surface area contributed by atoms with Crippen LogP contribution in [-0.2, 0) is 4.79 Å². The number of ketones is 1. The molecule has 0 radical (unpaired) electrons. The Hall–Kier alpha value is -1.84. The van der Waals surface area contributed by atoms with Crippen molar-refractivity contribution in [2.75, 3.05) is 5.32 Å². The Kier molecular flexibility index (Phi) is 1.55. The molecule has 2 rings (SSSR count). The van der Waals surface area contributed by atoms with Gasteiger partial charge in [0.2, 0.25) is 5.91 Å². The largest absolute Gasteiger partial charge is 0.506 e. The standard InChI is InChI=1S/C9H7NO3/c11-6-3-1-2-5-7(12)4-8(13)10-9(5)6/h1-3,11H,4H2,(H,10,13). The van der Waals surface area contributed by atoms with Crippen molar-refractivity contribution in [1.29, 1.82) is 0 Å². The number of nitrogens with one attached hydrogen (secondary N) is 1. The monoisotopic (exact) mass is 177 g/mol. The van der Waals surface area contributed by atoms with E-state index in [0.29, 0.717) is 5.56 Å². The lowest BCUT2D eigenvalue weighted by molar-refractivity contribution is -0.115. The van der Waals surface area contributed by atoms with Gasteiger partial charge in [0.05, 0.1) is 12.1 Å². The Morgan fingerprint density at radius 2 is 2.08 bits per heavy atom. The molecule has 2 N–H and O–H groups in total. The zero-order valence-corrected chi connectivity index (χ0v) is 6.70. The molecule has 0 aromatic heterocycles. The van der Waals surface area contributed by atoms with E-state index in [-0.39, 0.29) is 29.5 Å². The van der Waals surface area contributed by atoms with Gasteiger partial charge in [-0.05, 0) is 12.1 Å². The number of phenolic OH excluding ortho intramolecular Hbond substituents is 1. The number of Topliss-reactive ketones (excluding diaryl/α,β-unsaturated/α-hetero) is 1. The lowest BCUT2D eigenvalue weighted by Crippen LogP contribution is -2.23. The quantitative estimate of drug-likeness (QED) is 0.457. The minimum absolute atomic E-state index is 0.0705. The fourth-order valence-corrected chi connectivity index (χ4v) is 1.33. The molecule has 1 amide bonds. The first kappa shape index (κ1) is 7.79. The molecule has 0 unspecified atom stereocenters. The van der Waals surface area contributed by atoms with E-state index in [4.69, 9.17) is 0 Å². The second kappa shape index (κ2) is 2.58. The lowest BCUT2D eigenvalue weighted by atomic mass is 10.0. The molecule has 1 aliphatic rings. The summed E-state index contributed by atoms with van der Waals surface area (Å²) in [7, 11) is 0. The summed E-state index contributed by atoms with van der Waals surface area (Å²) in [5.41, 5.74) is 0.600. The Labute approximate surface area is 74.2 Å². The number of carbonyl (C=O) groups is 2. The number of hydrogen-bond donors (Lipinski definition) is 2. The van der Waals surface area contributed by atoms with Crippen LogP contribution in [0.15, 0.2) is 18.2 Å². The molecule has 66 valence electrons. The predicted molar refractivity (Wildman–Crippen MR) is 45.7 cm³/mol. The van der Waals surface area contributed by atoms with Crippen molar-refractivity contribution in [1.82, 2.24) is 0 Å². The average molecular weight is 177 g/mol. The summed E-state index contributed by atoms with van der Waals surface area (Å²) >= 11 is 0. The van der Waals surface area contributed by atoms with Gasteiger partial charge in [-0.2, -0.15) is 0 Å². The van der Waals surface area contributed by atoms with Gasteiger partial charge in [0.1, 0.15) is 5.75 Å². The first-order valence-corrected chi connectivity index (χ1v) is 3.83. The fraction of sp³-hybridized carbons (Fsp3) is 0.111. The average Bonchev–Trinajstić information content (AvgIpc) is 2.07. The van der Waals surface area contributed by atoms with Crippen molar-refractivity contribution in [3.05, 3.63) is 23.8 Å². The van der Waals surface area contributed by atoms with E-state index in [1.54, 1.807) is 12.1 Å². The van der Waals surface area contributed by atoms with E-state index in [1.807, 2.05) is 0 Å². The van der Waals surface area contributed by atoms with Gasteiger partial charge in [0.25, 0.3) is 0 Å². The topological polar surface area (TPSA) is 66.4 Å². The molecule has 0 saturated carbocycles. The highest BCUT2D eigenvalue weighted by molar-refractivity contribution is 6.19. The van der Waals surface area contributed by atoms with Crippen molar-refractivity contribution >= 4 is 17.4 Å². The van der Waals surface area contributed by atoms with Gasteiger partial charge in [-0.1, -0.05) is 6.07 Å². The van der Waals surface area contributed by atoms with E-state index in [9.17, 15) is 14.7 Å². The normalized spacial score (nSPS) is 15.1. The van der Waals surface area contributed by atoms with Crippen LogP contribution in [0.5, 0.6) is 5.75 Å². The molecule has 4 heteroatoms. The van der Waals surface area contributed by atoms with Crippen molar-refractivity contribution in [3.8, 4) is 5.75 Å². The third-order valence-electron chi connectivity index (χ3n) is 1.93. The molecule has 1 heterocycles. The van der Waals surface area contributed by atoms with Crippen molar-refractivity contribution in [2.45, 2.75) is 6.42 Å². The second-order valence-corrected chi connectivity index (χ2v) is 2.85. The zero-order chi connectivity index (χ0) is 9.42. The summed E-state index contributed by atoms with van der Waals surface area (Å²) in [4.78, 5) is 22.2. The van der Waals surface area contributed by atoms with Crippen LogP contribution in [0.3, 0.4) is 0 Å². The van der Waals surface area contributed by atoms with Gasteiger partial charge in [-0.25, -0.2) is 0 Å². The molecule has 4 nitrogen and oxygen atoms in total. The van der Waals surface area contributed by atoms with E-state index < -0.39 is 0 Å². The van der Waals surface area contributed by atoms with Crippen LogP contribution in [-0.4, -0.2) is 16.8 Å². The van der Waals surface area contributed by atoms with E-state index in [2.05, 4.69) is 5.32 Å². The zero-order valence-electron chi connectivity index (χ0n) is 6.70. The molecule has 1 aliphatic heterocycles. The lowest BCUT2D eigenvalue weighted by Gasteiger charge is -2.16. The molecule has 0 saturated heterocycles. The third-order valence-corrected chi connectivity index (χ3v) is 1.93. The number of anilines is 1. The number of fused-ring (bicyclic) bond motifs is 1. The van der Waals surface area contributed by atoms with Crippen LogP contribution in [0.4, 0.5) is 5.69 Å². The number of carbonyl (C=O) groups excluding carboxylic acids is 2. The number of aromatic hydroxyl groups is 1. The maximum Gasteiger partial charge on any atom is 0.232 e. The van der Waals surface area contributed by atoms with Gasteiger partial charge in [-0.3, -0.25) is 9.59 Å². The summed E-state index contributed by atoms with van der Waals surface area (Å²) in [6.07, 6.45) is -0.142. The highest BCUT2D eigenvalue weighted by Gasteiger charge is 2.24. The molecular formula is C9H7NO3. The molecule has 1 aromatic rings. The second-order valence-electron chi connectivity index (χ2n) is 2.85. The van der Waals surface area contributed by atoms with Gasteiger partial charge in [0, 0.05) is 5.56 Å². The van der Waals surface area contributed by atoms with Crippen LogP contribution < -0.4 is 5.32 Å².